The molecule has 0 aliphatic carbocycles. The zero-order valence-electron chi connectivity index (χ0n) is 23.3. The largest absolute Gasteiger partial charge is 0.508 e. The van der Waals surface area contributed by atoms with Crippen LogP contribution in [0.3, 0.4) is 0 Å². The van der Waals surface area contributed by atoms with Crippen molar-refractivity contribution in [3.05, 3.63) is 88.5 Å². The van der Waals surface area contributed by atoms with Crippen LogP contribution in [0, 0.1) is 5.92 Å². The summed E-state index contributed by atoms with van der Waals surface area (Å²) < 4.78 is 5.17. The summed E-state index contributed by atoms with van der Waals surface area (Å²) in [6.45, 7) is 8.50. The fraction of sp³-hybridized carbons (Fsp3) is 0.364. The van der Waals surface area contributed by atoms with Gasteiger partial charge in [-0.2, -0.15) is 0 Å². The smallest absolute Gasteiger partial charge is 0.170 e. The van der Waals surface area contributed by atoms with E-state index >= 15 is 0 Å². The Morgan fingerprint density at radius 1 is 0.842 bits per heavy atom. The summed E-state index contributed by atoms with van der Waals surface area (Å²) in [5.74, 6) is -0.405. The van der Waals surface area contributed by atoms with Crippen LogP contribution in [0.1, 0.15) is 82.1 Å². The molecule has 0 radical (unpaired) electrons. The predicted octanol–water partition coefficient (Wildman–Crippen LogP) is 8.52. The summed E-state index contributed by atoms with van der Waals surface area (Å²) in [6, 6.07) is 9.14. The van der Waals surface area contributed by atoms with E-state index in [0.717, 1.165) is 31.2 Å². The highest BCUT2D eigenvalue weighted by atomic mass is 16.5. The molecule has 0 heterocycles. The maximum Gasteiger partial charge on any atom is 0.170 e. The molecule has 204 valence electrons. The first kappa shape index (κ1) is 30.5. The first-order valence-corrected chi connectivity index (χ1v) is 13.1. The molecule has 3 N–H and O–H groups in total. The Morgan fingerprint density at radius 2 is 1.53 bits per heavy atom. The Kier molecular flexibility index (Phi) is 12.4. The number of carbonyl (C=O) groups excluding carboxylic acids is 1. The summed E-state index contributed by atoms with van der Waals surface area (Å²) in [4.78, 5) is 13.4. The van der Waals surface area contributed by atoms with Crippen molar-refractivity contribution < 1.29 is 24.9 Å². The van der Waals surface area contributed by atoms with E-state index in [4.69, 9.17) is 4.74 Å². The molecule has 5 nitrogen and oxygen atoms in total. The quantitative estimate of drug-likeness (QED) is 0.172. The number of rotatable bonds is 14. The van der Waals surface area contributed by atoms with Gasteiger partial charge in [-0.15, -0.1) is 0 Å². The van der Waals surface area contributed by atoms with E-state index in [9.17, 15) is 20.1 Å². The van der Waals surface area contributed by atoms with Crippen molar-refractivity contribution in [3.63, 3.8) is 0 Å². The number of aromatic hydroxyl groups is 3. The van der Waals surface area contributed by atoms with Gasteiger partial charge in [0.1, 0.15) is 11.5 Å². The highest BCUT2D eigenvalue weighted by Gasteiger charge is 2.21. The van der Waals surface area contributed by atoms with Crippen LogP contribution in [0.25, 0.3) is 6.08 Å². The standard InChI is InChI=1S/C33H42O5/c1-23(2)9-6-10-24(3)11-7-12-25(4)15-17-27(33(37)29-19-18-28(34)22-31(29)36)14-8-13-26-16-20-30(35)32(21-26)38-5/h8-9,11,13,15-16,18-22,27,34-36H,6-7,10,12,14,17H2,1-5H3/b13-8-,24-11+,25-15+. The molecule has 1 unspecified atom stereocenters. The van der Waals surface area contributed by atoms with Crippen molar-refractivity contribution in [2.24, 2.45) is 5.92 Å². The van der Waals surface area contributed by atoms with Crippen molar-refractivity contribution in [2.75, 3.05) is 7.11 Å². The Balaban J connectivity index is 2.11. The van der Waals surface area contributed by atoms with Crippen LogP contribution in [-0.2, 0) is 0 Å². The second-order valence-electron chi connectivity index (χ2n) is 10.0. The maximum absolute atomic E-state index is 13.4. The van der Waals surface area contributed by atoms with Gasteiger partial charge in [-0.05, 0) is 96.0 Å². The fourth-order valence-corrected chi connectivity index (χ4v) is 4.11. The van der Waals surface area contributed by atoms with Gasteiger partial charge in [0.2, 0.25) is 0 Å². The van der Waals surface area contributed by atoms with E-state index in [1.54, 1.807) is 18.2 Å². The van der Waals surface area contributed by atoms with Crippen LogP contribution in [0.4, 0.5) is 0 Å². The molecule has 0 saturated carbocycles. The summed E-state index contributed by atoms with van der Waals surface area (Å²) in [7, 11) is 1.50. The number of methoxy groups -OCH3 is 1. The van der Waals surface area contributed by atoms with Crippen LogP contribution in [-0.4, -0.2) is 28.2 Å². The van der Waals surface area contributed by atoms with Crippen LogP contribution in [0.5, 0.6) is 23.0 Å². The number of carbonyl (C=O) groups is 1. The minimum Gasteiger partial charge on any atom is -0.508 e. The summed E-state index contributed by atoms with van der Waals surface area (Å²) in [6.07, 6.45) is 15.5. The number of hydrogen-bond donors (Lipinski definition) is 3. The molecule has 0 saturated heterocycles. The zero-order chi connectivity index (χ0) is 28.1. The van der Waals surface area contributed by atoms with Gasteiger partial charge in [0, 0.05) is 12.0 Å². The number of ether oxygens (including phenoxy) is 1. The molecule has 0 aliphatic heterocycles. The lowest BCUT2D eigenvalue weighted by Crippen LogP contribution is -2.14. The number of phenols is 3. The predicted molar refractivity (Wildman–Crippen MR) is 156 cm³/mol. The molecule has 2 aromatic rings. The maximum atomic E-state index is 13.4. The van der Waals surface area contributed by atoms with Crippen LogP contribution < -0.4 is 4.74 Å². The fourth-order valence-electron chi connectivity index (χ4n) is 4.11. The van der Waals surface area contributed by atoms with Crippen molar-refractivity contribution >= 4 is 11.9 Å². The number of phenolic OH excluding ortho intramolecular Hbond substituents is 3. The third-order valence-corrected chi connectivity index (χ3v) is 6.43. The van der Waals surface area contributed by atoms with Crippen molar-refractivity contribution in [3.8, 4) is 23.0 Å². The minimum absolute atomic E-state index is 0.0686. The summed E-state index contributed by atoms with van der Waals surface area (Å²) in [5.41, 5.74) is 5.00. The molecule has 0 fully saturated rings. The third kappa shape index (κ3) is 10.3. The van der Waals surface area contributed by atoms with Gasteiger partial charge in [0.15, 0.2) is 17.3 Å². The summed E-state index contributed by atoms with van der Waals surface area (Å²) in [5, 5.41) is 29.7. The average Bonchev–Trinajstić information content (AvgIpc) is 2.86. The molecule has 0 aliphatic rings. The highest BCUT2D eigenvalue weighted by molar-refractivity contribution is 6.00. The van der Waals surface area contributed by atoms with Crippen LogP contribution in [0.2, 0.25) is 0 Å². The van der Waals surface area contributed by atoms with E-state index in [2.05, 4.69) is 45.9 Å². The van der Waals surface area contributed by atoms with Gasteiger partial charge < -0.3 is 20.1 Å². The topological polar surface area (TPSA) is 87.0 Å². The Bertz CT molecular complexity index is 1200. The minimum atomic E-state index is -0.378. The number of benzene rings is 2. The van der Waals surface area contributed by atoms with E-state index in [1.807, 2.05) is 12.2 Å². The molecule has 0 bridgehead atoms. The molecule has 2 rings (SSSR count). The van der Waals surface area contributed by atoms with E-state index in [0.29, 0.717) is 18.6 Å². The molecular formula is C33H42O5. The molecule has 38 heavy (non-hydrogen) atoms. The SMILES string of the molecule is COc1cc(/C=C\CC(C/C=C(\C)CC/C=C(\C)CCC=C(C)C)C(=O)c2ccc(O)cc2O)ccc1O. The van der Waals surface area contributed by atoms with E-state index in [1.165, 1.54) is 42.0 Å². The lowest BCUT2D eigenvalue weighted by molar-refractivity contribution is 0.0919. The van der Waals surface area contributed by atoms with Crippen LogP contribution >= 0.6 is 0 Å². The number of allylic oxidation sites excluding steroid dienone is 7. The Morgan fingerprint density at radius 3 is 2.18 bits per heavy atom. The zero-order valence-corrected chi connectivity index (χ0v) is 23.3. The number of Topliss-reactive ketones (excluding diaryl/α,β-unsaturated/α-hetero) is 1. The van der Waals surface area contributed by atoms with Crippen molar-refractivity contribution in [1.29, 1.82) is 0 Å². The van der Waals surface area contributed by atoms with Gasteiger partial charge in [0.05, 0.1) is 12.7 Å². The third-order valence-electron chi connectivity index (χ3n) is 6.43. The lowest BCUT2D eigenvalue weighted by atomic mass is 9.89. The molecule has 0 spiro atoms. The van der Waals surface area contributed by atoms with Gasteiger partial charge in [0.25, 0.3) is 0 Å². The molecule has 5 heteroatoms. The van der Waals surface area contributed by atoms with Gasteiger partial charge in [-0.25, -0.2) is 0 Å². The Hall–Kier alpha value is -3.73. The normalized spacial score (nSPS) is 13.0. The average molecular weight is 519 g/mol. The van der Waals surface area contributed by atoms with Crippen molar-refractivity contribution in [2.45, 2.75) is 66.2 Å². The van der Waals surface area contributed by atoms with E-state index < -0.39 is 0 Å². The first-order valence-electron chi connectivity index (χ1n) is 13.1. The van der Waals surface area contributed by atoms with Gasteiger partial charge in [-0.3, -0.25) is 4.79 Å². The monoisotopic (exact) mass is 518 g/mol. The van der Waals surface area contributed by atoms with Crippen molar-refractivity contribution in [1.82, 2.24) is 0 Å². The number of ketones is 1. The first-order chi connectivity index (χ1) is 18.1. The highest BCUT2D eigenvalue weighted by Crippen LogP contribution is 2.29. The molecule has 0 amide bonds. The lowest BCUT2D eigenvalue weighted by Gasteiger charge is -2.14. The molecule has 0 aromatic heterocycles. The second kappa shape index (κ2) is 15.5. The Labute approximate surface area is 227 Å². The number of hydrogen-bond acceptors (Lipinski definition) is 5. The molecule has 2 aromatic carbocycles. The molecule has 1 atom stereocenters. The summed E-state index contributed by atoms with van der Waals surface area (Å²) >= 11 is 0. The molecular weight excluding hydrogens is 476 g/mol. The van der Waals surface area contributed by atoms with Gasteiger partial charge in [-0.1, -0.05) is 53.2 Å². The van der Waals surface area contributed by atoms with E-state index in [-0.39, 0.29) is 34.5 Å². The van der Waals surface area contributed by atoms with Crippen LogP contribution in [0.15, 0.2) is 77.4 Å². The van der Waals surface area contributed by atoms with Gasteiger partial charge >= 0.3 is 0 Å². The second-order valence-corrected chi connectivity index (χ2v) is 10.0.